The van der Waals surface area contributed by atoms with E-state index in [4.69, 9.17) is 14.2 Å². The number of carbonyl (C=O) groups excluding carboxylic acids is 3. The van der Waals surface area contributed by atoms with Crippen LogP contribution in [0.25, 0.3) is 0 Å². The van der Waals surface area contributed by atoms with E-state index < -0.39 is 5.41 Å². The first kappa shape index (κ1) is 29.6. The van der Waals surface area contributed by atoms with Gasteiger partial charge in [-0.05, 0) is 38.5 Å². The van der Waals surface area contributed by atoms with E-state index in [2.05, 4.69) is 6.92 Å². The zero-order valence-corrected chi connectivity index (χ0v) is 22.5. The fourth-order valence-electron chi connectivity index (χ4n) is 5.15. The van der Waals surface area contributed by atoms with Crippen LogP contribution >= 0.6 is 0 Å². The Labute approximate surface area is 213 Å². The lowest BCUT2D eigenvalue weighted by molar-refractivity contribution is -0.167. The topological polar surface area (TPSA) is 78.9 Å². The molecule has 0 unspecified atom stereocenters. The maximum Gasteiger partial charge on any atom is 0.308 e. The summed E-state index contributed by atoms with van der Waals surface area (Å²) in [7, 11) is 0. The van der Waals surface area contributed by atoms with Crippen molar-refractivity contribution in [1.29, 1.82) is 0 Å². The van der Waals surface area contributed by atoms with Gasteiger partial charge in [-0.15, -0.1) is 0 Å². The molecule has 0 atom stereocenters. The first-order valence-electron chi connectivity index (χ1n) is 14.5. The zero-order valence-electron chi connectivity index (χ0n) is 22.5. The number of rotatable bonds is 16. The lowest BCUT2D eigenvalue weighted by Crippen LogP contribution is -2.40. The van der Waals surface area contributed by atoms with Gasteiger partial charge in [-0.25, -0.2) is 0 Å². The molecule has 2 aliphatic rings. The van der Waals surface area contributed by atoms with Crippen LogP contribution in [0.4, 0.5) is 0 Å². The number of carbonyl (C=O) groups is 3. The lowest BCUT2D eigenvalue weighted by Gasteiger charge is -2.33. The van der Waals surface area contributed by atoms with Gasteiger partial charge in [0.15, 0.2) is 0 Å². The molecule has 0 amide bonds. The number of hydrogen-bond donors (Lipinski definition) is 0. The molecule has 0 heterocycles. The Morgan fingerprint density at radius 3 is 1.57 bits per heavy atom. The summed E-state index contributed by atoms with van der Waals surface area (Å²) in [5.41, 5.74) is -0.703. The average molecular weight is 495 g/mol. The summed E-state index contributed by atoms with van der Waals surface area (Å²) in [6.45, 7) is 4.50. The van der Waals surface area contributed by atoms with Gasteiger partial charge in [0.1, 0.15) is 19.8 Å². The zero-order chi connectivity index (χ0) is 25.4. The fraction of sp³-hybridized carbons (Fsp3) is 0.897. The van der Waals surface area contributed by atoms with Crippen molar-refractivity contribution in [2.75, 3.05) is 19.8 Å². The summed E-state index contributed by atoms with van der Waals surface area (Å²) >= 11 is 0. The summed E-state index contributed by atoms with van der Waals surface area (Å²) < 4.78 is 17.2. The number of ether oxygens (including phenoxy) is 3. The van der Waals surface area contributed by atoms with E-state index >= 15 is 0 Å². The second-order valence-electron chi connectivity index (χ2n) is 10.9. The Morgan fingerprint density at radius 1 is 0.629 bits per heavy atom. The maximum absolute atomic E-state index is 12.7. The summed E-state index contributed by atoms with van der Waals surface area (Å²) in [4.78, 5) is 37.8. The SMILES string of the molecule is CCCCCCCCC(=O)OCC(CC)(COC(=O)C1CCCCC1)COC(=O)C1CCCCC1. The highest BCUT2D eigenvalue weighted by Gasteiger charge is 2.36. The molecule has 0 radical (unpaired) electrons. The van der Waals surface area contributed by atoms with Crippen molar-refractivity contribution in [1.82, 2.24) is 0 Å². The van der Waals surface area contributed by atoms with Crippen molar-refractivity contribution >= 4 is 17.9 Å². The van der Waals surface area contributed by atoms with Crippen molar-refractivity contribution in [2.24, 2.45) is 17.3 Å². The summed E-state index contributed by atoms with van der Waals surface area (Å²) in [6, 6.07) is 0. The maximum atomic E-state index is 12.7. The van der Waals surface area contributed by atoms with Crippen molar-refractivity contribution < 1.29 is 28.6 Å². The normalized spacial score (nSPS) is 17.7. The molecule has 2 fully saturated rings. The van der Waals surface area contributed by atoms with E-state index in [0.717, 1.165) is 70.6 Å². The Bertz CT molecular complexity index is 585. The Balaban J connectivity index is 1.89. The van der Waals surface area contributed by atoms with Crippen LogP contribution in [0.5, 0.6) is 0 Å². The van der Waals surface area contributed by atoms with Crippen LogP contribution in [0.2, 0.25) is 0 Å². The predicted octanol–water partition coefficient (Wildman–Crippen LogP) is 6.92. The van der Waals surface area contributed by atoms with E-state index in [1.54, 1.807) is 0 Å². The highest BCUT2D eigenvalue weighted by molar-refractivity contribution is 5.73. The molecular weight excluding hydrogens is 444 g/mol. The van der Waals surface area contributed by atoms with Crippen LogP contribution in [0, 0.1) is 17.3 Å². The van der Waals surface area contributed by atoms with Crippen LogP contribution in [0.1, 0.15) is 129 Å². The van der Waals surface area contributed by atoms with Crippen LogP contribution in [0.3, 0.4) is 0 Å². The minimum atomic E-state index is -0.703. The third-order valence-corrected chi connectivity index (χ3v) is 7.94. The minimum absolute atomic E-state index is 0.0432. The molecule has 0 bridgehead atoms. The van der Waals surface area contributed by atoms with Gasteiger partial charge in [-0.2, -0.15) is 0 Å². The van der Waals surface area contributed by atoms with Gasteiger partial charge in [-0.1, -0.05) is 84.5 Å². The number of unbranched alkanes of at least 4 members (excludes halogenated alkanes) is 5. The summed E-state index contributed by atoms with van der Waals surface area (Å²) in [6.07, 6.45) is 17.8. The monoisotopic (exact) mass is 494 g/mol. The molecule has 2 saturated carbocycles. The van der Waals surface area contributed by atoms with E-state index in [-0.39, 0.29) is 49.6 Å². The molecule has 202 valence electrons. The molecule has 0 aromatic rings. The molecule has 0 aromatic heterocycles. The van der Waals surface area contributed by atoms with Crippen LogP contribution in [-0.4, -0.2) is 37.7 Å². The summed E-state index contributed by atoms with van der Waals surface area (Å²) in [5, 5.41) is 0. The second-order valence-corrected chi connectivity index (χ2v) is 10.9. The van der Waals surface area contributed by atoms with Crippen LogP contribution in [-0.2, 0) is 28.6 Å². The van der Waals surface area contributed by atoms with Gasteiger partial charge in [0.2, 0.25) is 0 Å². The highest BCUT2D eigenvalue weighted by Crippen LogP contribution is 2.30. The molecule has 2 aliphatic carbocycles. The standard InChI is InChI=1S/C29H50O6/c1-3-5-6-7-8-15-20-26(30)33-21-29(4-2,22-34-27(31)24-16-11-9-12-17-24)23-35-28(32)25-18-13-10-14-19-25/h24-25H,3-23H2,1-2H3. The molecule has 0 aromatic carbocycles. The first-order chi connectivity index (χ1) is 17.0. The molecule has 6 heteroatoms. The van der Waals surface area contributed by atoms with Crippen LogP contribution < -0.4 is 0 Å². The van der Waals surface area contributed by atoms with Gasteiger partial charge in [0, 0.05) is 6.42 Å². The molecule has 0 aliphatic heterocycles. The first-order valence-corrected chi connectivity index (χ1v) is 14.5. The Morgan fingerprint density at radius 2 is 1.09 bits per heavy atom. The largest absolute Gasteiger partial charge is 0.465 e. The van der Waals surface area contributed by atoms with Gasteiger partial charge in [0.05, 0.1) is 17.3 Å². The van der Waals surface area contributed by atoms with Gasteiger partial charge in [-0.3, -0.25) is 14.4 Å². The van der Waals surface area contributed by atoms with E-state index in [9.17, 15) is 14.4 Å². The lowest BCUT2D eigenvalue weighted by atomic mass is 9.86. The summed E-state index contributed by atoms with van der Waals surface area (Å²) in [5.74, 6) is -0.647. The Hall–Kier alpha value is -1.59. The third-order valence-electron chi connectivity index (χ3n) is 7.94. The molecule has 0 N–H and O–H groups in total. The predicted molar refractivity (Wildman–Crippen MR) is 137 cm³/mol. The van der Waals surface area contributed by atoms with Gasteiger partial charge in [0.25, 0.3) is 0 Å². The average Bonchev–Trinajstić information content (AvgIpc) is 2.91. The van der Waals surface area contributed by atoms with E-state index in [0.29, 0.717) is 12.8 Å². The van der Waals surface area contributed by atoms with Crippen molar-refractivity contribution in [3.8, 4) is 0 Å². The number of esters is 3. The molecular formula is C29H50O6. The quantitative estimate of drug-likeness (QED) is 0.132. The van der Waals surface area contributed by atoms with E-state index in [1.807, 2.05) is 6.92 Å². The fourth-order valence-corrected chi connectivity index (χ4v) is 5.15. The van der Waals surface area contributed by atoms with Gasteiger partial charge >= 0.3 is 17.9 Å². The van der Waals surface area contributed by atoms with Crippen molar-refractivity contribution in [2.45, 2.75) is 129 Å². The van der Waals surface area contributed by atoms with Crippen molar-refractivity contribution in [3.63, 3.8) is 0 Å². The van der Waals surface area contributed by atoms with Gasteiger partial charge < -0.3 is 14.2 Å². The molecule has 2 rings (SSSR count). The smallest absolute Gasteiger partial charge is 0.308 e. The number of hydrogen-bond acceptors (Lipinski definition) is 6. The third kappa shape index (κ3) is 11.3. The molecule has 0 spiro atoms. The highest BCUT2D eigenvalue weighted by atomic mass is 16.6. The van der Waals surface area contributed by atoms with Crippen LogP contribution in [0.15, 0.2) is 0 Å². The minimum Gasteiger partial charge on any atom is -0.465 e. The van der Waals surface area contributed by atoms with Crippen molar-refractivity contribution in [3.05, 3.63) is 0 Å². The van der Waals surface area contributed by atoms with E-state index in [1.165, 1.54) is 32.1 Å². The second kappa shape index (κ2) is 17.0. The molecule has 6 nitrogen and oxygen atoms in total. The molecule has 0 saturated heterocycles. The molecule has 35 heavy (non-hydrogen) atoms. The Kier molecular flexibility index (Phi) is 14.4.